The molecule has 4 aliphatic rings. The highest BCUT2D eigenvalue weighted by Crippen LogP contribution is 2.52. The first-order valence-electron chi connectivity index (χ1n) is 15.5. The molecule has 5 rings (SSSR count). The van der Waals surface area contributed by atoms with Crippen molar-refractivity contribution in [3.63, 3.8) is 0 Å². The Labute approximate surface area is 242 Å². The van der Waals surface area contributed by atoms with Crippen LogP contribution in [0.3, 0.4) is 0 Å². The van der Waals surface area contributed by atoms with E-state index in [9.17, 15) is 24.9 Å². The first-order valence-corrected chi connectivity index (χ1v) is 15.5. The van der Waals surface area contributed by atoms with Gasteiger partial charge in [0.15, 0.2) is 11.5 Å². The second-order valence-corrected chi connectivity index (χ2v) is 12.3. The van der Waals surface area contributed by atoms with E-state index in [1.165, 1.54) is 26.4 Å². The van der Waals surface area contributed by atoms with Crippen LogP contribution in [0.5, 0.6) is 11.5 Å². The Bertz CT molecular complexity index is 1140. The maximum Gasteiger partial charge on any atom is 0.247 e. The molecular formula is C32H46N2O7. The molecule has 0 spiro atoms. The summed E-state index contributed by atoms with van der Waals surface area (Å²) in [6, 6.07) is 2.75. The van der Waals surface area contributed by atoms with Gasteiger partial charge in [-0.15, -0.1) is 0 Å². The number of hydrogen-bond acceptors (Lipinski definition) is 7. The Kier molecular flexibility index (Phi) is 9.56. The van der Waals surface area contributed by atoms with Crippen molar-refractivity contribution < 1.29 is 34.4 Å². The summed E-state index contributed by atoms with van der Waals surface area (Å²) in [4.78, 5) is 29.3. The summed E-state index contributed by atoms with van der Waals surface area (Å²) in [5.74, 6) is 1.64. The number of nitrogens with one attached hydrogen (secondary N) is 1. The monoisotopic (exact) mass is 570 g/mol. The molecular weight excluding hydrogens is 524 g/mol. The van der Waals surface area contributed by atoms with Crippen molar-refractivity contribution in [3.05, 3.63) is 34.9 Å². The van der Waals surface area contributed by atoms with Crippen molar-refractivity contribution in [3.8, 4) is 11.5 Å². The number of carbonyl (C=O) groups excluding carboxylic acids is 2. The lowest BCUT2D eigenvalue weighted by atomic mass is 9.77. The third-order valence-corrected chi connectivity index (χ3v) is 9.75. The Morgan fingerprint density at radius 3 is 2.63 bits per heavy atom. The predicted octanol–water partition coefficient (Wildman–Crippen LogP) is 3.05. The highest BCUT2D eigenvalue weighted by molar-refractivity contribution is 5.96. The van der Waals surface area contributed by atoms with E-state index in [1.807, 2.05) is 0 Å². The third kappa shape index (κ3) is 5.99. The summed E-state index contributed by atoms with van der Waals surface area (Å²) in [5.41, 5.74) is 1.65. The molecule has 9 heteroatoms. The van der Waals surface area contributed by atoms with E-state index in [-0.39, 0.29) is 31.6 Å². The Morgan fingerprint density at radius 2 is 1.98 bits per heavy atom. The lowest BCUT2D eigenvalue weighted by molar-refractivity contribution is -0.138. The van der Waals surface area contributed by atoms with E-state index in [0.29, 0.717) is 53.0 Å². The van der Waals surface area contributed by atoms with Gasteiger partial charge < -0.3 is 35.0 Å². The Morgan fingerprint density at radius 1 is 1.15 bits per heavy atom. The molecule has 0 saturated heterocycles. The maximum atomic E-state index is 14.0. The number of aliphatic hydroxyl groups is 3. The summed E-state index contributed by atoms with van der Waals surface area (Å²) < 4.78 is 11.9. The molecule has 1 aromatic carbocycles. The molecule has 0 radical (unpaired) electrons. The van der Waals surface area contributed by atoms with Gasteiger partial charge in [-0.05, 0) is 67.2 Å². The van der Waals surface area contributed by atoms with Gasteiger partial charge >= 0.3 is 0 Å². The van der Waals surface area contributed by atoms with Gasteiger partial charge in [0.25, 0.3) is 0 Å². The zero-order valence-electron chi connectivity index (χ0n) is 24.4. The standard InChI is InChI=1S/C32H46N2O7/c1-3-4-5-6-10-34(27(37)16-22-13-19-7-8-21(22)12-19)25-17-24(32(39)33-9-11-35)28-23-14-20(18-36)15-26(40-2)30(23)41-31(28)29(25)38/h14-15,17,19,21-22,25,28-29,31,35-36,38H,3-13,16,18H2,1-2H3,(H,33,39)/t19?,21?,22?,25-,28+,29+,31+/m1/s1. The fraction of sp³-hybridized carbons (Fsp3) is 0.688. The Balaban J connectivity index is 1.49. The maximum absolute atomic E-state index is 14.0. The molecule has 1 heterocycles. The van der Waals surface area contributed by atoms with Crippen LogP contribution in [0.4, 0.5) is 0 Å². The average molecular weight is 571 g/mol. The van der Waals surface area contributed by atoms with Gasteiger partial charge in [0.2, 0.25) is 11.8 Å². The molecule has 41 heavy (non-hydrogen) atoms. The molecule has 1 aromatic rings. The molecule has 9 nitrogen and oxygen atoms in total. The van der Waals surface area contributed by atoms with Crippen LogP contribution in [-0.2, 0) is 16.2 Å². The molecule has 7 atom stereocenters. The SMILES string of the molecule is CCCCCCN(C(=O)CC1CC2CCC1C2)[C@@H]1C=C(C(=O)NCCO)[C@@H]2c3cc(CO)cc(OC)c3O[C@@H]2[C@H]1O. The molecule has 2 amide bonds. The van der Waals surface area contributed by atoms with Crippen molar-refractivity contribution in [1.29, 1.82) is 0 Å². The van der Waals surface area contributed by atoms with E-state index in [0.717, 1.165) is 38.0 Å². The lowest BCUT2D eigenvalue weighted by Crippen LogP contribution is -2.56. The van der Waals surface area contributed by atoms with Gasteiger partial charge in [-0.3, -0.25) is 9.59 Å². The van der Waals surface area contributed by atoms with Crippen LogP contribution >= 0.6 is 0 Å². The number of unbranched alkanes of at least 4 members (excludes halogenated alkanes) is 3. The molecule has 2 saturated carbocycles. The van der Waals surface area contributed by atoms with E-state index in [2.05, 4.69) is 12.2 Å². The summed E-state index contributed by atoms with van der Waals surface area (Å²) in [5, 5.41) is 33.8. The summed E-state index contributed by atoms with van der Waals surface area (Å²) in [7, 11) is 1.51. The fourth-order valence-electron chi connectivity index (χ4n) is 7.74. The zero-order chi connectivity index (χ0) is 29.1. The van der Waals surface area contributed by atoms with Crippen LogP contribution < -0.4 is 14.8 Å². The van der Waals surface area contributed by atoms with Crippen LogP contribution in [0, 0.1) is 17.8 Å². The quantitative estimate of drug-likeness (QED) is 0.268. The van der Waals surface area contributed by atoms with Gasteiger partial charge in [0.05, 0.1) is 32.3 Å². The molecule has 2 fully saturated rings. The van der Waals surface area contributed by atoms with Crippen LogP contribution in [0.15, 0.2) is 23.8 Å². The van der Waals surface area contributed by atoms with E-state index in [1.54, 1.807) is 23.1 Å². The minimum absolute atomic E-state index is 0.0311. The number of amides is 2. The minimum atomic E-state index is -1.07. The smallest absolute Gasteiger partial charge is 0.247 e. The average Bonchev–Trinajstić information content (AvgIpc) is 3.71. The number of hydrogen-bond donors (Lipinski definition) is 4. The summed E-state index contributed by atoms with van der Waals surface area (Å²) in [6.45, 7) is 2.31. The molecule has 0 aromatic heterocycles. The van der Waals surface area contributed by atoms with Crippen LogP contribution in [0.2, 0.25) is 0 Å². The molecule has 2 bridgehead atoms. The minimum Gasteiger partial charge on any atom is -0.493 e. The van der Waals surface area contributed by atoms with Gasteiger partial charge in [0.1, 0.15) is 12.2 Å². The zero-order valence-corrected chi connectivity index (χ0v) is 24.4. The number of ether oxygens (including phenoxy) is 2. The van der Waals surface area contributed by atoms with Crippen LogP contribution in [-0.4, -0.2) is 77.1 Å². The topological polar surface area (TPSA) is 129 Å². The van der Waals surface area contributed by atoms with Crippen molar-refractivity contribution in [2.75, 3.05) is 26.8 Å². The van der Waals surface area contributed by atoms with Gasteiger partial charge in [-0.1, -0.05) is 32.6 Å². The number of fused-ring (bicyclic) bond motifs is 5. The van der Waals surface area contributed by atoms with Crippen LogP contribution in [0.1, 0.15) is 81.8 Å². The second-order valence-electron chi connectivity index (χ2n) is 12.3. The number of benzene rings is 1. The highest BCUT2D eigenvalue weighted by Gasteiger charge is 2.52. The molecule has 3 unspecified atom stereocenters. The number of nitrogens with zero attached hydrogens (tertiary/aromatic N) is 1. The van der Waals surface area contributed by atoms with E-state index >= 15 is 0 Å². The second kappa shape index (κ2) is 13.1. The van der Waals surface area contributed by atoms with Crippen molar-refractivity contribution in [2.45, 2.75) is 95.5 Å². The number of rotatable bonds is 13. The highest BCUT2D eigenvalue weighted by atomic mass is 16.5. The molecule has 226 valence electrons. The summed E-state index contributed by atoms with van der Waals surface area (Å²) in [6.07, 6.45) is 9.09. The molecule has 4 N–H and O–H groups in total. The Hall–Kier alpha value is -2.62. The number of methoxy groups -OCH3 is 1. The molecule has 3 aliphatic carbocycles. The van der Waals surface area contributed by atoms with Gasteiger partial charge in [-0.2, -0.15) is 0 Å². The van der Waals surface area contributed by atoms with Crippen molar-refractivity contribution in [1.82, 2.24) is 10.2 Å². The first kappa shape index (κ1) is 29.9. The van der Waals surface area contributed by atoms with Gasteiger partial charge in [-0.25, -0.2) is 0 Å². The van der Waals surface area contributed by atoms with Crippen molar-refractivity contribution >= 4 is 11.8 Å². The van der Waals surface area contributed by atoms with Gasteiger partial charge in [0, 0.05) is 30.6 Å². The predicted molar refractivity (Wildman–Crippen MR) is 153 cm³/mol. The number of carbonyl (C=O) groups is 2. The normalized spacial score (nSPS) is 29.4. The lowest BCUT2D eigenvalue weighted by Gasteiger charge is -2.41. The first-order chi connectivity index (χ1) is 19.9. The summed E-state index contributed by atoms with van der Waals surface area (Å²) >= 11 is 0. The number of aliphatic hydroxyl groups excluding tert-OH is 3. The van der Waals surface area contributed by atoms with E-state index in [4.69, 9.17) is 9.47 Å². The fourth-order valence-corrected chi connectivity index (χ4v) is 7.74. The molecule has 1 aliphatic heterocycles. The largest absolute Gasteiger partial charge is 0.493 e. The van der Waals surface area contributed by atoms with E-state index < -0.39 is 24.2 Å². The van der Waals surface area contributed by atoms with Crippen molar-refractivity contribution in [2.24, 2.45) is 17.8 Å². The van der Waals surface area contributed by atoms with Crippen LogP contribution in [0.25, 0.3) is 0 Å². The third-order valence-electron chi connectivity index (χ3n) is 9.75.